The molecule has 0 radical (unpaired) electrons. The van der Waals surface area contributed by atoms with Gasteiger partial charge in [0.25, 0.3) is 0 Å². The van der Waals surface area contributed by atoms with Gasteiger partial charge in [0.15, 0.2) is 0 Å². The summed E-state index contributed by atoms with van der Waals surface area (Å²) in [6.07, 6.45) is 3.08. The maximum atomic E-state index is 12.2. The molecule has 0 aliphatic rings. The van der Waals surface area contributed by atoms with Crippen LogP contribution >= 0.6 is 0 Å². The standard InChI is InChI=1S/C20H24N2O4S/c1-4-26-20(23)13-10-16-8-11-18(12-9-16)21-15-17-6-5-7-19(14-17)27(24,25)22(2)3/h5-14,21H,4,15H2,1-3H3. The number of nitrogens with one attached hydrogen (secondary N) is 1. The van der Waals surface area contributed by atoms with E-state index in [2.05, 4.69) is 5.32 Å². The zero-order valence-electron chi connectivity index (χ0n) is 15.7. The van der Waals surface area contributed by atoms with Crippen LogP contribution < -0.4 is 5.32 Å². The highest BCUT2D eigenvalue weighted by Gasteiger charge is 2.16. The van der Waals surface area contributed by atoms with E-state index < -0.39 is 10.0 Å². The van der Waals surface area contributed by atoms with Crippen molar-refractivity contribution in [2.24, 2.45) is 0 Å². The highest BCUT2D eigenvalue weighted by molar-refractivity contribution is 7.89. The number of sulfonamides is 1. The Morgan fingerprint density at radius 1 is 1.15 bits per heavy atom. The summed E-state index contributed by atoms with van der Waals surface area (Å²) in [6, 6.07) is 14.4. The highest BCUT2D eigenvalue weighted by Crippen LogP contribution is 2.17. The first kappa shape index (κ1) is 20.7. The molecule has 0 unspecified atom stereocenters. The van der Waals surface area contributed by atoms with E-state index in [0.717, 1.165) is 16.8 Å². The van der Waals surface area contributed by atoms with Gasteiger partial charge in [-0.05, 0) is 48.4 Å². The van der Waals surface area contributed by atoms with Gasteiger partial charge >= 0.3 is 5.97 Å². The van der Waals surface area contributed by atoms with Crippen LogP contribution in [-0.4, -0.2) is 39.4 Å². The van der Waals surface area contributed by atoms with Crippen LogP contribution in [0.15, 0.2) is 59.5 Å². The predicted octanol–water partition coefficient (Wildman–Crippen LogP) is 3.13. The molecule has 0 amide bonds. The van der Waals surface area contributed by atoms with Crippen LogP contribution in [0.3, 0.4) is 0 Å². The number of esters is 1. The van der Waals surface area contributed by atoms with Crippen LogP contribution in [0.1, 0.15) is 18.1 Å². The van der Waals surface area contributed by atoms with E-state index >= 15 is 0 Å². The summed E-state index contributed by atoms with van der Waals surface area (Å²) in [4.78, 5) is 11.6. The van der Waals surface area contributed by atoms with E-state index in [1.54, 1.807) is 31.2 Å². The Bertz CT molecular complexity index is 904. The van der Waals surface area contributed by atoms with Gasteiger partial charge < -0.3 is 10.1 Å². The third-order valence-electron chi connectivity index (χ3n) is 3.78. The Labute approximate surface area is 160 Å². The molecule has 6 nitrogen and oxygen atoms in total. The lowest BCUT2D eigenvalue weighted by molar-refractivity contribution is -0.137. The van der Waals surface area contributed by atoms with Gasteiger partial charge in [0.1, 0.15) is 0 Å². The van der Waals surface area contributed by atoms with Gasteiger partial charge in [0.05, 0.1) is 11.5 Å². The van der Waals surface area contributed by atoms with Gasteiger partial charge in [0, 0.05) is 32.4 Å². The lowest BCUT2D eigenvalue weighted by Crippen LogP contribution is -2.22. The molecular formula is C20H24N2O4S. The smallest absolute Gasteiger partial charge is 0.330 e. The number of rotatable bonds is 8. The Balaban J connectivity index is 2.00. The second-order valence-electron chi connectivity index (χ2n) is 6.00. The molecule has 0 fully saturated rings. The first-order valence-corrected chi connectivity index (χ1v) is 9.97. The molecule has 2 aromatic carbocycles. The Hall–Kier alpha value is -2.64. The molecule has 0 bridgehead atoms. The molecule has 7 heteroatoms. The van der Waals surface area contributed by atoms with Crippen molar-refractivity contribution in [2.75, 3.05) is 26.0 Å². The Morgan fingerprint density at radius 2 is 1.85 bits per heavy atom. The summed E-state index contributed by atoms with van der Waals surface area (Å²) in [6.45, 7) is 2.61. The fourth-order valence-electron chi connectivity index (χ4n) is 2.30. The van der Waals surface area contributed by atoms with E-state index in [4.69, 9.17) is 4.74 Å². The molecule has 0 saturated carbocycles. The monoisotopic (exact) mass is 388 g/mol. The number of hydrogen-bond donors (Lipinski definition) is 1. The third-order valence-corrected chi connectivity index (χ3v) is 5.59. The van der Waals surface area contributed by atoms with E-state index in [1.165, 1.54) is 24.5 Å². The molecule has 27 heavy (non-hydrogen) atoms. The van der Waals surface area contributed by atoms with Gasteiger partial charge in [-0.2, -0.15) is 0 Å². The molecule has 0 aromatic heterocycles. The van der Waals surface area contributed by atoms with Crippen molar-refractivity contribution < 1.29 is 17.9 Å². The number of nitrogens with zero attached hydrogens (tertiary/aromatic N) is 1. The highest BCUT2D eigenvalue weighted by atomic mass is 32.2. The molecule has 1 N–H and O–H groups in total. The molecule has 0 heterocycles. The summed E-state index contributed by atoms with van der Waals surface area (Å²) in [7, 11) is -0.421. The molecule has 0 spiro atoms. The normalized spacial score (nSPS) is 11.7. The molecule has 0 aliphatic heterocycles. The number of hydrogen-bond acceptors (Lipinski definition) is 5. The van der Waals surface area contributed by atoms with E-state index in [9.17, 15) is 13.2 Å². The molecule has 0 saturated heterocycles. The van der Waals surface area contributed by atoms with E-state index in [0.29, 0.717) is 13.2 Å². The number of anilines is 1. The summed E-state index contributed by atoms with van der Waals surface area (Å²) < 4.78 is 30.5. The van der Waals surface area contributed by atoms with Crippen molar-refractivity contribution in [3.8, 4) is 0 Å². The predicted molar refractivity (Wildman–Crippen MR) is 107 cm³/mol. The fraction of sp³-hybridized carbons (Fsp3) is 0.250. The zero-order valence-corrected chi connectivity index (χ0v) is 16.5. The van der Waals surface area contributed by atoms with Gasteiger partial charge in [-0.1, -0.05) is 24.3 Å². The molecule has 0 aliphatic carbocycles. The lowest BCUT2D eigenvalue weighted by Gasteiger charge is -2.13. The Morgan fingerprint density at radius 3 is 2.48 bits per heavy atom. The third kappa shape index (κ3) is 5.94. The van der Waals surface area contributed by atoms with Crippen LogP contribution in [0, 0.1) is 0 Å². The molecular weight excluding hydrogens is 364 g/mol. The maximum absolute atomic E-state index is 12.2. The largest absolute Gasteiger partial charge is 0.463 e. The van der Waals surface area contributed by atoms with Crippen molar-refractivity contribution in [2.45, 2.75) is 18.4 Å². The first-order valence-electron chi connectivity index (χ1n) is 8.53. The van der Waals surface area contributed by atoms with E-state index in [1.807, 2.05) is 30.3 Å². The summed E-state index contributed by atoms with van der Waals surface area (Å²) >= 11 is 0. The van der Waals surface area contributed by atoms with Crippen molar-refractivity contribution >= 4 is 27.8 Å². The van der Waals surface area contributed by atoms with Crippen LogP contribution in [0.4, 0.5) is 5.69 Å². The summed E-state index contributed by atoms with van der Waals surface area (Å²) in [5.41, 5.74) is 2.64. The minimum Gasteiger partial charge on any atom is -0.463 e. The van der Waals surface area contributed by atoms with E-state index in [-0.39, 0.29) is 10.9 Å². The minimum atomic E-state index is -3.45. The molecule has 144 valence electrons. The van der Waals surface area contributed by atoms with Crippen LogP contribution in [0.25, 0.3) is 6.08 Å². The average molecular weight is 388 g/mol. The number of carbonyl (C=O) groups is 1. The molecule has 0 atom stereocenters. The topological polar surface area (TPSA) is 75.7 Å². The number of benzene rings is 2. The first-order chi connectivity index (χ1) is 12.8. The van der Waals surface area contributed by atoms with Gasteiger partial charge in [-0.3, -0.25) is 0 Å². The Kier molecular flexibility index (Phi) is 7.15. The van der Waals surface area contributed by atoms with Crippen LogP contribution in [0.5, 0.6) is 0 Å². The van der Waals surface area contributed by atoms with Gasteiger partial charge in [0.2, 0.25) is 10.0 Å². The van der Waals surface area contributed by atoms with Crippen LogP contribution in [-0.2, 0) is 26.1 Å². The SMILES string of the molecule is CCOC(=O)C=Cc1ccc(NCc2cccc(S(=O)(=O)N(C)C)c2)cc1. The van der Waals surface area contributed by atoms with Crippen LogP contribution in [0.2, 0.25) is 0 Å². The quantitative estimate of drug-likeness (QED) is 0.555. The second-order valence-corrected chi connectivity index (χ2v) is 8.15. The minimum absolute atomic E-state index is 0.270. The fourth-order valence-corrected chi connectivity index (χ4v) is 3.27. The molecule has 2 aromatic rings. The maximum Gasteiger partial charge on any atom is 0.330 e. The molecule has 2 rings (SSSR count). The van der Waals surface area contributed by atoms with Crippen molar-refractivity contribution in [1.29, 1.82) is 0 Å². The van der Waals surface area contributed by atoms with Crippen molar-refractivity contribution in [3.63, 3.8) is 0 Å². The zero-order chi connectivity index (χ0) is 19.9. The summed E-state index contributed by atoms with van der Waals surface area (Å²) in [5, 5.41) is 3.26. The van der Waals surface area contributed by atoms with Gasteiger partial charge in [-0.25, -0.2) is 17.5 Å². The number of ether oxygens (including phenoxy) is 1. The summed E-state index contributed by atoms with van der Waals surface area (Å²) in [5.74, 6) is -0.368. The van der Waals surface area contributed by atoms with Crippen molar-refractivity contribution in [1.82, 2.24) is 4.31 Å². The van der Waals surface area contributed by atoms with Gasteiger partial charge in [-0.15, -0.1) is 0 Å². The second kappa shape index (κ2) is 9.34. The average Bonchev–Trinajstić information content (AvgIpc) is 2.66. The number of carbonyl (C=O) groups excluding carboxylic acids is 1. The van der Waals surface area contributed by atoms with Crippen molar-refractivity contribution in [3.05, 3.63) is 65.7 Å². The lowest BCUT2D eigenvalue weighted by atomic mass is 10.2.